The van der Waals surface area contributed by atoms with E-state index in [-0.39, 0.29) is 11.6 Å². The van der Waals surface area contributed by atoms with Crippen molar-refractivity contribution in [3.63, 3.8) is 0 Å². The summed E-state index contributed by atoms with van der Waals surface area (Å²) in [6, 6.07) is 11.2. The number of nitrogens with one attached hydrogen (secondary N) is 1. The first-order valence-electron chi connectivity index (χ1n) is 7.26. The monoisotopic (exact) mass is 319 g/mol. The highest BCUT2D eigenvalue weighted by molar-refractivity contribution is 6.12. The number of carbonyl (C=O) groups is 1. The number of benzene rings is 1. The van der Waals surface area contributed by atoms with Crippen molar-refractivity contribution in [2.24, 2.45) is 0 Å². The fourth-order valence-corrected chi connectivity index (χ4v) is 2.75. The number of para-hydroxylation sites is 1. The zero-order valence-electron chi connectivity index (χ0n) is 12.8. The Balaban J connectivity index is 2.12. The predicted molar refractivity (Wildman–Crippen MR) is 90.4 cm³/mol. The number of aromatic nitrogens is 4. The molecule has 0 aliphatic carbocycles. The molecule has 7 nitrogen and oxygen atoms in total. The minimum absolute atomic E-state index is 0.141. The summed E-state index contributed by atoms with van der Waals surface area (Å²) >= 11 is 0. The fourth-order valence-electron chi connectivity index (χ4n) is 2.75. The SMILES string of the molecule is COC(=O)c1cc2c([nH]c3ccccc32)c(-c2ccnc(N)n2)n1. The second-order valence-corrected chi connectivity index (χ2v) is 5.24. The molecule has 0 atom stereocenters. The molecule has 0 fully saturated rings. The molecule has 0 amide bonds. The summed E-state index contributed by atoms with van der Waals surface area (Å²) in [6.45, 7) is 0. The smallest absolute Gasteiger partial charge is 0.356 e. The van der Waals surface area contributed by atoms with Crippen LogP contribution in [0, 0.1) is 0 Å². The molecule has 3 aromatic heterocycles. The molecule has 118 valence electrons. The summed E-state index contributed by atoms with van der Waals surface area (Å²) in [5, 5.41) is 1.86. The van der Waals surface area contributed by atoms with Crippen molar-refractivity contribution in [1.29, 1.82) is 0 Å². The van der Waals surface area contributed by atoms with Gasteiger partial charge < -0.3 is 15.5 Å². The highest BCUT2D eigenvalue weighted by atomic mass is 16.5. The summed E-state index contributed by atoms with van der Waals surface area (Å²) in [5.41, 5.74) is 8.68. The molecule has 3 heterocycles. The van der Waals surface area contributed by atoms with E-state index >= 15 is 0 Å². The molecule has 24 heavy (non-hydrogen) atoms. The van der Waals surface area contributed by atoms with Gasteiger partial charge in [-0.3, -0.25) is 0 Å². The molecular formula is C17H13N5O2. The van der Waals surface area contributed by atoms with Crippen molar-refractivity contribution in [1.82, 2.24) is 19.9 Å². The normalized spacial score (nSPS) is 11.0. The van der Waals surface area contributed by atoms with Gasteiger partial charge in [0.1, 0.15) is 11.4 Å². The Bertz CT molecular complexity index is 1090. The molecule has 4 aromatic rings. The number of fused-ring (bicyclic) bond motifs is 3. The Hall–Kier alpha value is -3.48. The molecule has 0 saturated carbocycles. The lowest BCUT2D eigenvalue weighted by Crippen LogP contribution is -2.06. The van der Waals surface area contributed by atoms with E-state index in [0.717, 1.165) is 21.8 Å². The Morgan fingerprint density at radius 2 is 2.00 bits per heavy atom. The van der Waals surface area contributed by atoms with Gasteiger partial charge in [0.25, 0.3) is 0 Å². The van der Waals surface area contributed by atoms with Crippen LogP contribution in [0.5, 0.6) is 0 Å². The minimum atomic E-state index is -0.509. The molecule has 0 aliphatic heterocycles. The molecule has 0 saturated heterocycles. The van der Waals surface area contributed by atoms with Crippen LogP contribution in [0.15, 0.2) is 42.6 Å². The zero-order valence-corrected chi connectivity index (χ0v) is 12.8. The highest BCUT2D eigenvalue weighted by Gasteiger charge is 2.18. The van der Waals surface area contributed by atoms with E-state index in [1.54, 1.807) is 18.3 Å². The fraction of sp³-hybridized carbons (Fsp3) is 0.0588. The van der Waals surface area contributed by atoms with Gasteiger partial charge in [0.15, 0.2) is 0 Å². The first-order chi connectivity index (χ1) is 11.7. The van der Waals surface area contributed by atoms with E-state index in [4.69, 9.17) is 10.5 Å². The number of hydrogen-bond acceptors (Lipinski definition) is 6. The van der Waals surface area contributed by atoms with E-state index in [1.165, 1.54) is 7.11 Å². The van der Waals surface area contributed by atoms with Crippen molar-refractivity contribution in [3.8, 4) is 11.4 Å². The van der Waals surface area contributed by atoms with Gasteiger partial charge in [-0.25, -0.2) is 19.7 Å². The van der Waals surface area contributed by atoms with E-state index in [2.05, 4.69) is 19.9 Å². The molecule has 0 spiro atoms. The van der Waals surface area contributed by atoms with Gasteiger partial charge in [-0.1, -0.05) is 18.2 Å². The lowest BCUT2D eigenvalue weighted by Gasteiger charge is -2.06. The second kappa shape index (κ2) is 5.31. The average molecular weight is 319 g/mol. The highest BCUT2D eigenvalue weighted by Crippen LogP contribution is 2.32. The number of carbonyl (C=O) groups excluding carboxylic acids is 1. The van der Waals surface area contributed by atoms with Gasteiger partial charge in [0.2, 0.25) is 5.95 Å². The number of anilines is 1. The van der Waals surface area contributed by atoms with Gasteiger partial charge >= 0.3 is 5.97 Å². The van der Waals surface area contributed by atoms with Crippen molar-refractivity contribution < 1.29 is 9.53 Å². The number of esters is 1. The number of nitrogens with zero attached hydrogens (tertiary/aromatic N) is 3. The average Bonchev–Trinajstić information content (AvgIpc) is 2.99. The van der Waals surface area contributed by atoms with Crippen LogP contribution in [0.3, 0.4) is 0 Å². The van der Waals surface area contributed by atoms with Crippen LogP contribution in [0.1, 0.15) is 10.5 Å². The van der Waals surface area contributed by atoms with Crippen molar-refractivity contribution >= 4 is 33.7 Å². The van der Waals surface area contributed by atoms with Crippen LogP contribution >= 0.6 is 0 Å². The van der Waals surface area contributed by atoms with Crippen molar-refractivity contribution in [3.05, 3.63) is 48.3 Å². The van der Waals surface area contributed by atoms with Gasteiger partial charge in [-0.05, 0) is 18.2 Å². The van der Waals surface area contributed by atoms with Gasteiger partial charge in [0.05, 0.1) is 18.3 Å². The van der Waals surface area contributed by atoms with E-state index in [9.17, 15) is 4.79 Å². The lowest BCUT2D eigenvalue weighted by atomic mass is 10.1. The number of methoxy groups -OCH3 is 1. The van der Waals surface area contributed by atoms with Gasteiger partial charge in [0, 0.05) is 22.5 Å². The molecule has 0 bridgehead atoms. The predicted octanol–water partition coefficient (Wildman–Crippen LogP) is 2.54. The van der Waals surface area contributed by atoms with Crippen LogP contribution < -0.4 is 5.73 Å². The Morgan fingerprint density at radius 3 is 2.79 bits per heavy atom. The number of H-pyrrole nitrogens is 1. The third-order valence-electron chi connectivity index (χ3n) is 3.81. The van der Waals surface area contributed by atoms with E-state index < -0.39 is 5.97 Å². The molecule has 7 heteroatoms. The number of nitrogens with two attached hydrogens (primary N) is 1. The number of aromatic amines is 1. The number of hydrogen-bond donors (Lipinski definition) is 2. The van der Waals surface area contributed by atoms with Crippen LogP contribution in [-0.2, 0) is 4.74 Å². The number of pyridine rings is 1. The van der Waals surface area contributed by atoms with Crippen LogP contribution in [-0.4, -0.2) is 33.0 Å². The maximum absolute atomic E-state index is 12.0. The third kappa shape index (κ3) is 2.14. The van der Waals surface area contributed by atoms with E-state index in [0.29, 0.717) is 11.4 Å². The minimum Gasteiger partial charge on any atom is -0.464 e. The first-order valence-corrected chi connectivity index (χ1v) is 7.26. The molecule has 4 rings (SSSR count). The van der Waals surface area contributed by atoms with Crippen molar-refractivity contribution in [2.75, 3.05) is 12.8 Å². The summed E-state index contributed by atoms with van der Waals surface area (Å²) < 4.78 is 4.82. The number of ether oxygens (including phenoxy) is 1. The van der Waals surface area contributed by atoms with Gasteiger partial charge in [-0.2, -0.15) is 0 Å². The first kappa shape index (κ1) is 14.1. The van der Waals surface area contributed by atoms with Crippen LogP contribution in [0.25, 0.3) is 33.2 Å². The lowest BCUT2D eigenvalue weighted by molar-refractivity contribution is 0.0594. The Labute approximate surface area is 136 Å². The summed E-state index contributed by atoms with van der Waals surface area (Å²) in [6.07, 6.45) is 1.55. The molecule has 0 aliphatic rings. The number of nitrogen functional groups attached to an aromatic ring is 1. The maximum atomic E-state index is 12.0. The molecule has 3 N–H and O–H groups in total. The molecular weight excluding hydrogens is 306 g/mol. The number of rotatable bonds is 2. The maximum Gasteiger partial charge on any atom is 0.356 e. The molecule has 0 radical (unpaired) electrons. The standard InChI is InChI=1S/C17H13N5O2/c1-24-16(23)13-8-10-9-4-2-3-5-11(9)20-14(10)15(21-13)12-6-7-19-17(18)22-12/h2-8,20H,1H3,(H2,18,19,22). The quantitative estimate of drug-likeness (QED) is 0.550. The zero-order chi connectivity index (χ0) is 16.7. The largest absolute Gasteiger partial charge is 0.464 e. The summed E-state index contributed by atoms with van der Waals surface area (Å²) in [7, 11) is 1.33. The molecule has 0 unspecified atom stereocenters. The van der Waals surface area contributed by atoms with Crippen molar-refractivity contribution in [2.45, 2.75) is 0 Å². The second-order valence-electron chi connectivity index (χ2n) is 5.24. The van der Waals surface area contributed by atoms with Gasteiger partial charge in [-0.15, -0.1) is 0 Å². The Morgan fingerprint density at radius 1 is 1.17 bits per heavy atom. The van der Waals surface area contributed by atoms with E-state index in [1.807, 2.05) is 24.3 Å². The van der Waals surface area contributed by atoms with Crippen LogP contribution in [0.4, 0.5) is 5.95 Å². The summed E-state index contributed by atoms with van der Waals surface area (Å²) in [5.74, 6) is -0.368. The summed E-state index contributed by atoms with van der Waals surface area (Å²) in [4.78, 5) is 27.9. The molecule has 1 aromatic carbocycles. The third-order valence-corrected chi connectivity index (χ3v) is 3.81. The van der Waals surface area contributed by atoms with Crippen LogP contribution in [0.2, 0.25) is 0 Å². The topological polar surface area (TPSA) is 107 Å². The Kier molecular flexibility index (Phi) is 3.13.